The molecule has 18 heavy (non-hydrogen) atoms. The van der Waals surface area contributed by atoms with E-state index in [-0.39, 0.29) is 11.7 Å². The number of phenols is 1. The highest BCUT2D eigenvalue weighted by Crippen LogP contribution is 2.27. The molecular weight excluding hydrogens is 232 g/mol. The number of nitrogens with one attached hydrogen (secondary N) is 2. The number of benzene rings is 1. The first kappa shape index (κ1) is 12.0. The number of hydrogen-bond donors (Lipinski definition) is 4. The number of carbonyl (C=O) groups excluding carboxylic acids is 1. The summed E-state index contributed by atoms with van der Waals surface area (Å²) in [6.07, 6.45) is 0. The Labute approximate surface area is 104 Å². The molecule has 0 spiro atoms. The number of guanidine groups is 1. The van der Waals surface area contributed by atoms with Crippen molar-refractivity contribution in [3.05, 3.63) is 29.5 Å². The molecular formula is C12H14N4O2. The van der Waals surface area contributed by atoms with Crippen molar-refractivity contribution in [3.63, 3.8) is 0 Å². The summed E-state index contributed by atoms with van der Waals surface area (Å²) in [5.74, 6) is -0.250. The number of carbonyl (C=O) groups is 1. The Kier molecular flexibility index (Phi) is 2.93. The van der Waals surface area contributed by atoms with Gasteiger partial charge >= 0.3 is 0 Å². The predicted octanol–water partition coefficient (Wildman–Crippen LogP) is 0.856. The summed E-state index contributed by atoms with van der Waals surface area (Å²) in [5.41, 5.74) is 7.24. The van der Waals surface area contributed by atoms with Crippen molar-refractivity contribution in [1.82, 2.24) is 10.3 Å². The summed E-state index contributed by atoms with van der Waals surface area (Å²) >= 11 is 0. The van der Waals surface area contributed by atoms with E-state index in [4.69, 9.17) is 5.73 Å². The minimum absolute atomic E-state index is 0.0413. The zero-order chi connectivity index (χ0) is 13.3. The number of phenolic OH excluding ortho intramolecular Hbond substituents is 1. The molecule has 2 aromatic rings. The Hall–Kier alpha value is -2.50. The zero-order valence-corrected chi connectivity index (χ0v) is 10.1. The first-order valence-electron chi connectivity index (χ1n) is 5.38. The van der Waals surface area contributed by atoms with Gasteiger partial charge < -0.3 is 15.8 Å². The van der Waals surface area contributed by atoms with Crippen molar-refractivity contribution >= 4 is 22.8 Å². The lowest BCUT2D eigenvalue weighted by atomic mass is 10.1. The van der Waals surface area contributed by atoms with E-state index in [0.29, 0.717) is 11.2 Å². The van der Waals surface area contributed by atoms with E-state index in [9.17, 15) is 9.90 Å². The number of aromatic hydroxyl groups is 1. The van der Waals surface area contributed by atoms with Crippen LogP contribution in [-0.4, -0.2) is 29.0 Å². The molecule has 0 atom stereocenters. The molecule has 0 fully saturated rings. The van der Waals surface area contributed by atoms with Crippen molar-refractivity contribution in [2.45, 2.75) is 6.92 Å². The average molecular weight is 246 g/mol. The molecule has 0 aliphatic rings. The van der Waals surface area contributed by atoms with Crippen LogP contribution in [0.2, 0.25) is 0 Å². The number of aromatic amines is 1. The molecule has 6 heteroatoms. The Morgan fingerprint density at radius 3 is 2.83 bits per heavy atom. The highest BCUT2D eigenvalue weighted by atomic mass is 16.3. The molecule has 0 aliphatic heterocycles. The summed E-state index contributed by atoms with van der Waals surface area (Å²) in [6, 6.07) is 5.04. The number of nitrogens with two attached hydrogens (primary N) is 1. The number of H-pyrrole nitrogens is 1. The maximum Gasteiger partial charge on any atom is 0.274 e. The fraction of sp³-hybridized carbons (Fsp3) is 0.167. The zero-order valence-electron chi connectivity index (χ0n) is 10.1. The van der Waals surface area contributed by atoms with Crippen molar-refractivity contribution < 1.29 is 9.90 Å². The molecule has 0 aliphatic carbocycles. The molecule has 1 amide bonds. The van der Waals surface area contributed by atoms with E-state index >= 15 is 0 Å². The van der Waals surface area contributed by atoms with Crippen LogP contribution in [0, 0.1) is 6.92 Å². The third-order valence-electron chi connectivity index (χ3n) is 2.72. The van der Waals surface area contributed by atoms with Crippen molar-refractivity contribution in [1.29, 1.82) is 0 Å². The van der Waals surface area contributed by atoms with Crippen molar-refractivity contribution in [2.24, 2.45) is 10.7 Å². The smallest absolute Gasteiger partial charge is 0.274 e. The van der Waals surface area contributed by atoms with Gasteiger partial charge in [0, 0.05) is 12.4 Å². The van der Waals surface area contributed by atoms with Gasteiger partial charge in [-0.3, -0.25) is 15.1 Å². The van der Waals surface area contributed by atoms with Gasteiger partial charge in [0.1, 0.15) is 11.4 Å². The van der Waals surface area contributed by atoms with Gasteiger partial charge in [-0.2, -0.15) is 0 Å². The van der Waals surface area contributed by atoms with Gasteiger partial charge in [-0.15, -0.1) is 0 Å². The summed E-state index contributed by atoms with van der Waals surface area (Å²) < 4.78 is 0. The molecule has 1 aromatic carbocycles. The number of aliphatic imine (C=N–C) groups is 1. The summed E-state index contributed by atoms with van der Waals surface area (Å²) in [6.45, 7) is 1.90. The van der Waals surface area contributed by atoms with Gasteiger partial charge in [0.25, 0.3) is 5.91 Å². The lowest BCUT2D eigenvalue weighted by Crippen LogP contribution is -2.36. The van der Waals surface area contributed by atoms with Crippen LogP contribution in [-0.2, 0) is 0 Å². The second-order valence-corrected chi connectivity index (χ2v) is 3.94. The standard InChI is InChI=1S/C12H14N4O2/c1-6-3-4-9(17)10-7(6)5-8(15-10)11(18)16-12(13)14-2/h3-5,15,17H,1-2H3,(H3,13,14,16,18). The third kappa shape index (κ3) is 2.00. The Morgan fingerprint density at radius 2 is 2.22 bits per heavy atom. The van der Waals surface area contributed by atoms with E-state index in [0.717, 1.165) is 10.9 Å². The van der Waals surface area contributed by atoms with Crippen LogP contribution in [0.15, 0.2) is 23.2 Å². The minimum atomic E-state index is -0.395. The van der Waals surface area contributed by atoms with Crippen molar-refractivity contribution in [3.8, 4) is 5.75 Å². The summed E-state index contributed by atoms with van der Waals surface area (Å²) in [5, 5.41) is 12.9. The first-order valence-corrected chi connectivity index (χ1v) is 5.38. The molecule has 1 heterocycles. The molecule has 0 bridgehead atoms. The highest BCUT2D eigenvalue weighted by molar-refractivity contribution is 6.07. The predicted molar refractivity (Wildman–Crippen MR) is 69.7 cm³/mol. The van der Waals surface area contributed by atoms with Crippen LogP contribution in [0.4, 0.5) is 0 Å². The van der Waals surface area contributed by atoms with Gasteiger partial charge in [-0.1, -0.05) is 6.07 Å². The van der Waals surface area contributed by atoms with Crippen LogP contribution in [0.3, 0.4) is 0 Å². The highest BCUT2D eigenvalue weighted by Gasteiger charge is 2.13. The molecule has 2 rings (SSSR count). The Balaban J connectivity index is 2.45. The fourth-order valence-corrected chi connectivity index (χ4v) is 1.71. The summed E-state index contributed by atoms with van der Waals surface area (Å²) in [7, 11) is 1.48. The normalized spacial score (nSPS) is 11.8. The molecule has 0 radical (unpaired) electrons. The fourth-order valence-electron chi connectivity index (χ4n) is 1.71. The Bertz CT molecular complexity index is 604. The number of aryl methyl sites for hydroxylation is 1. The minimum Gasteiger partial charge on any atom is -0.506 e. The van der Waals surface area contributed by atoms with Crippen LogP contribution in [0.25, 0.3) is 10.9 Å². The van der Waals surface area contributed by atoms with Crippen LogP contribution >= 0.6 is 0 Å². The first-order chi connectivity index (χ1) is 8.52. The number of amides is 1. The molecule has 0 unspecified atom stereocenters. The monoisotopic (exact) mass is 246 g/mol. The van der Waals surface area contributed by atoms with Crippen LogP contribution < -0.4 is 11.1 Å². The second-order valence-electron chi connectivity index (χ2n) is 3.94. The number of rotatable bonds is 1. The maximum absolute atomic E-state index is 11.8. The van der Waals surface area contributed by atoms with Gasteiger partial charge in [0.15, 0.2) is 5.96 Å². The maximum atomic E-state index is 11.8. The molecule has 1 aromatic heterocycles. The largest absolute Gasteiger partial charge is 0.506 e. The molecule has 94 valence electrons. The van der Waals surface area contributed by atoms with E-state index in [1.54, 1.807) is 18.2 Å². The van der Waals surface area contributed by atoms with Crippen molar-refractivity contribution in [2.75, 3.05) is 7.05 Å². The number of fused-ring (bicyclic) bond motifs is 1. The average Bonchev–Trinajstić information content (AvgIpc) is 2.80. The quantitative estimate of drug-likeness (QED) is 0.443. The number of nitrogens with zero attached hydrogens (tertiary/aromatic N) is 1. The number of hydrogen-bond acceptors (Lipinski definition) is 3. The lowest BCUT2D eigenvalue weighted by molar-refractivity contribution is 0.0972. The van der Waals surface area contributed by atoms with Gasteiger partial charge in [-0.05, 0) is 24.6 Å². The van der Waals surface area contributed by atoms with Crippen LogP contribution in [0.5, 0.6) is 5.75 Å². The second kappa shape index (κ2) is 4.40. The van der Waals surface area contributed by atoms with Crippen LogP contribution in [0.1, 0.15) is 16.1 Å². The molecule has 6 nitrogen and oxygen atoms in total. The van der Waals surface area contributed by atoms with E-state index < -0.39 is 5.91 Å². The third-order valence-corrected chi connectivity index (χ3v) is 2.72. The van der Waals surface area contributed by atoms with E-state index in [2.05, 4.69) is 15.3 Å². The van der Waals surface area contributed by atoms with Gasteiger partial charge in [0.05, 0.1) is 5.52 Å². The lowest BCUT2D eigenvalue weighted by Gasteiger charge is -2.00. The van der Waals surface area contributed by atoms with E-state index in [1.807, 2.05) is 6.92 Å². The van der Waals surface area contributed by atoms with E-state index in [1.165, 1.54) is 7.05 Å². The number of aromatic nitrogens is 1. The molecule has 0 saturated carbocycles. The van der Waals surface area contributed by atoms with Gasteiger partial charge in [0.2, 0.25) is 0 Å². The van der Waals surface area contributed by atoms with Gasteiger partial charge in [-0.25, -0.2) is 0 Å². The molecule has 5 N–H and O–H groups in total. The summed E-state index contributed by atoms with van der Waals surface area (Å²) in [4.78, 5) is 18.3. The SMILES string of the molecule is CN=C(N)NC(=O)c1cc2c(C)ccc(O)c2[nH]1. The Morgan fingerprint density at radius 1 is 1.50 bits per heavy atom. The molecule has 0 saturated heterocycles. The topological polar surface area (TPSA) is 104 Å².